The first-order valence-electron chi connectivity index (χ1n) is 3.94. The van der Waals surface area contributed by atoms with Gasteiger partial charge in [0, 0.05) is 0 Å². The molecule has 0 saturated carbocycles. The zero-order chi connectivity index (χ0) is 10.1. The second kappa shape index (κ2) is 3.50. The lowest BCUT2D eigenvalue weighted by Gasteiger charge is -1.96. The molecule has 0 amide bonds. The molecule has 0 saturated heterocycles. The van der Waals surface area contributed by atoms with Crippen molar-refractivity contribution < 1.29 is 5.11 Å². The van der Waals surface area contributed by atoms with Crippen LogP contribution in [0.1, 0.15) is 0 Å². The van der Waals surface area contributed by atoms with Crippen LogP contribution in [-0.4, -0.2) is 31.5 Å². The molecule has 74 valence electrons. The second-order valence-electron chi connectivity index (χ2n) is 2.67. The predicted octanol–water partition coefficient (Wildman–Crippen LogP) is -0.126. The van der Waals surface area contributed by atoms with Crippen molar-refractivity contribution in [1.29, 1.82) is 0 Å². The number of rotatable bonds is 2. The summed E-state index contributed by atoms with van der Waals surface area (Å²) >= 11 is 3.16. The second-order valence-corrected chi connectivity index (χ2v) is 3.42. The number of hydrogen-bond acceptors (Lipinski definition) is 4. The maximum Gasteiger partial charge on any atom is 0.263 e. The maximum atomic E-state index is 11.4. The van der Waals surface area contributed by atoms with Crippen molar-refractivity contribution >= 4 is 27.0 Å². The van der Waals surface area contributed by atoms with Crippen LogP contribution in [0.15, 0.2) is 15.7 Å². The quantitative estimate of drug-likeness (QED) is 0.787. The molecule has 0 aromatic carbocycles. The Labute approximate surface area is 86.7 Å². The molecule has 0 aliphatic heterocycles. The highest BCUT2D eigenvalue weighted by molar-refractivity contribution is 9.10. The molecule has 0 spiro atoms. The van der Waals surface area contributed by atoms with Gasteiger partial charge in [0.25, 0.3) is 5.56 Å². The van der Waals surface area contributed by atoms with Crippen molar-refractivity contribution in [2.45, 2.75) is 6.54 Å². The molecule has 14 heavy (non-hydrogen) atoms. The van der Waals surface area contributed by atoms with E-state index >= 15 is 0 Å². The normalized spacial score (nSPS) is 11.0. The van der Waals surface area contributed by atoms with E-state index in [9.17, 15) is 4.79 Å². The predicted molar refractivity (Wildman–Crippen MR) is 52.9 cm³/mol. The molecule has 0 fully saturated rings. The lowest BCUT2D eigenvalue weighted by atomic mass is 10.4. The number of aliphatic hydroxyl groups excluding tert-OH is 1. The Balaban J connectivity index is 2.77. The number of aromatic amines is 1. The summed E-state index contributed by atoms with van der Waals surface area (Å²) in [6.07, 6.45) is 1.31. The van der Waals surface area contributed by atoms with E-state index in [1.165, 1.54) is 11.0 Å². The first-order chi connectivity index (χ1) is 6.74. The Hall–Kier alpha value is -1.21. The summed E-state index contributed by atoms with van der Waals surface area (Å²) in [4.78, 5) is 17.8. The summed E-state index contributed by atoms with van der Waals surface area (Å²) in [5.74, 6) is 0. The molecule has 2 N–H and O–H groups in total. The Morgan fingerprint density at radius 3 is 3.14 bits per heavy atom. The monoisotopic (exact) mass is 258 g/mol. The molecule has 0 unspecified atom stereocenters. The van der Waals surface area contributed by atoms with Gasteiger partial charge in [-0.3, -0.25) is 4.79 Å². The Kier molecular flexibility index (Phi) is 2.34. The fraction of sp³-hybridized carbons (Fsp3) is 0.286. The zero-order valence-electron chi connectivity index (χ0n) is 7.07. The van der Waals surface area contributed by atoms with Crippen molar-refractivity contribution in [3.8, 4) is 0 Å². The molecule has 2 rings (SSSR count). The van der Waals surface area contributed by atoms with Gasteiger partial charge < -0.3 is 10.1 Å². The van der Waals surface area contributed by atoms with Gasteiger partial charge in [-0.2, -0.15) is 5.10 Å². The van der Waals surface area contributed by atoms with E-state index in [0.717, 1.165) is 0 Å². The van der Waals surface area contributed by atoms with Crippen LogP contribution in [0.4, 0.5) is 0 Å². The van der Waals surface area contributed by atoms with Gasteiger partial charge in [0.15, 0.2) is 5.65 Å². The molecule has 0 aliphatic rings. The number of aliphatic hydroxyl groups is 1. The molecule has 2 heterocycles. The number of halogens is 1. The summed E-state index contributed by atoms with van der Waals surface area (Å²) in [6, 6.07) is 0. The average Bonchev–Trinajstić information content (AvgIpc) is 2.46. The fourth-order valence-corrected chi connectivity index (χ4v) is 1.77. The third-order valence-corrected chi connectivity index (χ3v) is 2.36. The van der Waals surface area contributed by atoms with E-state index in [0.29, 0.717) is 22.2 Å². The molecule has 0 bridgehead atoms. The van der Waals surface area contributed by atoms with Crippen LogP contribution in [0.5, 0.6) is 0 Å². The topological polar surface area (TPSA) is 83.8 Å². The zero-order valence-corrected chi connectivity index (χ0v) is 8.65. The highest BCUT2D eigenvalue weighted by atomic mass is 79.9. The highest BCUT2D eigenvalue weighted by Crippen LogP contribution is 2.16. The van der Waals surface area contributed by atoms with Crippen molar-refractivity contribution in [3.63, 3.8) is 0 Å². The van der Waals surface area contributed by atoms with E-state index in [-0.39, 0.29) is 12.2 Å². The molecule has 6 nitrogen and oxygen atoms in total. The van der Waals surface area contributed by atoms with Gasteiger partial charge in [-0.05, 0) is 15.9 Å². The van der Waals surface area contributed by atoms with Crippen LogP contribution in [0.25, 0.3) is 11.0 Å². The average molecular weight is 259 g/mol. The number of H-pyrrole nitrogens is 1. The summed E-state index contributed by atoms with van der Waals surface area (Å²) in [5, 5.41) is 13.2. The number of aromatic nitrogens is 4. The fourth-order valence-electron chi connectivity index (χ4n) is 1.23. The van der Waals surface area contributed by atoms with Crippen LogP contribution in [0.2, 0.25) is 0 Å². The molecule has 0 atom stereocenters. The Morgan fingerprint density at radius 1 is 1.64 bits per heavy atom. The van der Waals surface area contributed by atoms with Gasteiger partial charge >= 0.3 is 0 Å². The lowest BCUT2D eigenvalue weighted by molar-refractivity contribution is 0.271. The molecular weight excluding hydrogens is 252 g/mol. The molecule has 2 aromatic heterocycles. The van der Waals surface area contributed by atoms with E-state index in [4.69, 9.17) is 5.11 Å². The van der Waals surface area contributed by atoms with Gasteiger partial charge in [0.2, 0.25) is 0 Å². The van der Waals surface area contributed by atoms with Gasteiger partial charge in [0.05, 0.1) is 19.5 Å². The minimum atomic E-state index is -0.244. The molecule has 2 aromatic rings. The Morgan fingerprint density at radius 2 is 2.43 bits per heavy atom. The third-order valence-electron chi connectivity index (χ3n) is 1.80. The standard InChI is InChI=1S/C7H7BrN4O2/c8-5-4-6(9-3-10-7(4)14)12(11-5)1-2-13/h3,13H,1-2H2,(H,9,10,14). The summed E-state index contributed by atoms with van der Waals surface area (Å²) in [6.45, 7) is 0.274. The summed E-state index contributed by atoms with van der Waals surface area (Å²) < 4.78 is 1.92. The van der Waals surface area contributed by atoms with Gasteiger partial charge in [-0.1, -0.05) is 0 Å². The summed E-state index contributed by atoms with van der Waals surface area (Å²) in [5.41, 5.74) is 0.223. The number of fused-ring (bicyclic) bond motifs is 1. The molecular formula is C7H7BrN4O2. The van der Waals surface area contributed by atoms with Crippen LogP contribution < -0.4 is 5.56 Å². The van der Waals surface area contributed by atoms with E-state index in [2.05, 4.69) is 31.0 Å². The van der Waals surface area contributed by atoms with Crippen molar-refractivity contribution in [2.75, 3.05) is 6.61 Å². The smallest absolute Gasteiger partial charge is 0.263 e. The molecule has 7 heteroatoms. The van der Waals surface area contributed by atoms with Gasteiger partial charge in [-0.25, -0.2) is 9.67 Å². The van der Waals surface area contributed by atoms with E-state index < -0.39 is 0 Å². The van der Waals surface area contributed by atoms with Gasteiger partial charge in [-0.15, -0.1) is 0 Å². The highest BCUT2D eigenvalue weighted by Gasteiger charge is 2.11. The lowest BCUT2D eigenvalue weighted by Crippen LogP contribution is -2.08. The minimum Gasteiger partial charge on any atom is -0.394 e. The van der Waals surface area contributed by atoms with Crippen LogP contribution in [0.3, 0.4) is 0 Å². The minimum absolute atomic E-state index is 0.0439. The third kappa shape index (κ3) is 1.34. The van der Waals surface area contributed by atoms with E-state index in [1.54, 1.807) is 0 Å². The number of hydrogen-bond donors (Lipinski definition) is 2. The van der Waals surface area contributed by atoms with Crippen LogP contribution in [0, 0.1) is 0 Å². The SMILES string of the molecule is O=c1[nH]cnc2c1c(Br)nn2CCO. The first-order valence-corrected chi connectivity index (χ1v) is 4.74. The summed E-state index contributed by atoms with van der Waals surface area (Å²) in [7, 11) is 0. The number of nitrogens with one attached hydrogen (secondary N) is 1. The molecule has 0 radical (unpaired) electrons. The van der Waals surface area contributed by atoms with Crippen molar-refractivity contribution in [1.82, 2.24) is 19.7 Å². The van der Waals surface area contributed by atoms with Crippen LogP contribution in [-0.2, 0) is 6.54 Å². The van der Waals surface area contributed by atoms with E-state index in [1.807, 2.05) is 0 Å². The first kappa shape index (κ1) is 9.35. The number of nitrogens with zero attached hydrogens (tertiary/aromatic N) is 3. The Bertz CT molecular complexity index is 518. The van der Waals surface area contributed by atoms with Crippen molar-refractivity contribution in [2.24, 2.45) is 0 Å². The maximum absolute atomic E-state index is 11.4. The van der Waals surface area contributed by atoms with Crippen molar-refractivity contribution in [3.05, 3.63) is 21.3 Å². The van der Waals surface area contributed by atoms with Gasteiger partial charge in [0.1, 0.15) is 9.99 Å². The van der Waals surface area contributed by atoms with Crippen LogP contribution >= 0.6 is 15.9 Å². The molecule has 0 aliphatic carbocycles. The largest absolute Gasteiger partial charge is 0.394 e.